The number of hydrogen-bond donors (Lipinski definition) is 1. The molecule has 0 aromatic carbocycles. The average molecular weight is 401 g/mol. The molecule has 3 atom stereocenters. The van der Waals surface area contributed by atoms with E-state index >= 15 is 0 Å². The summed E-state index contributed by atoms with van der Waals surface area (Å²) < 4.78 is 13.5. The van der Waals surface area contributed by atoms with Gasteiger partial charge in [0, 0.05) is 51.5 Å². The predicted molar refractivity (Wildman–Crippen MR) is 112 cm³/mol. The number of methoxy groups -OCH3 is 1. The van der Waals surface area contributed by atoms with Crippen LogP contribution in [-0.4, -0.2) is 52.5 Å². The van der Waals surface area contributed by atoms with Crippen molar-refractivity contribution in [2.45, 2.75) is 44.0 Å². The van der Waals surface area contributed by atoms with Gasteiger partial charge in [0.1, 0.15) is 0 Å². The first-order valence-corrected chi connectivity index (χ1v) is 10.4. The Labute approximate surface area is 171 Å². The Kier molecular flexibility index (Phi) is 6.24. The van der Waals surface area contributed by atoms with E-state index in [1.54, 1.807) is 7.11 Å². The summed E-state index contributed by atoms with van der Waals surface area (Å²) in [7, 11) is 1.74. The molecule has 0 unspecified atom stereocenters. The van der Waals surface area contributed by atoms with Gasteiger partial charge in [-0.2, -0.15) is 0 Å². The highest BCUT2D eigenvalue weighted by atomic mass is 32.1. The number of nitrogens with one attached hydrogen (secondary N) is 1. The van der Waals surface area contributed by atoms with Gasteiger partial charge in [0.05, 0.1) is 23.9 Å². The third-order valence-electron chi connectivity index (χ3n) is 5.54. The predicted octanol–water partition coefficient (Wildman–Crippen LogP) is 3.07. The van der Waals surface area contributed by atoms with E-state index in [4.69, 9.17) is 21.7 Å². The Bertz CT molecular complexity index is 776. The lowest BCUT2D eigenvalue weighted by Gasteiger charge is -2.29. The van der Waals surface area contributed by atoms with Crippen LogP contribution in [0.5, 0.6) is 0 Å². The van der Waals surface area contributed by atoms with Gasteiger partial charge in [0.25, 0.3) is 0 Å². The van der Waals surface area contributed by atoms with Crippen LogP contribution in [0.1, 0.15) is 42.7 Å². The zero-order valence-corrected chi connectivity index (χ0v) is 17.1. The molecule has 2 aromatic heterocycles. The number of rotatable bonds is 8. The van der Waals surface area contributed by atoms with E-state index in [9.17, 15) is 0 Å². The number of aromatic nitrogens is 2. The molecule has 1 N–H and O–H groups in total. The molecule has 28 heavy (non-hydrogen) atoms. The van der Waals surface area contributed by atoms with Crippen LogP contribution in [0.15, 0.2) is 42.7 Å². The Morgan fingerprint density at radius 2 is 2.25 bits per heavy atom. The number of hydrogen-bond acceptors (Lipinski definition) is 4. The molecule has 2 fully saturated rings. The van der Waals surface area contributed by atoms with Gasteiger partial charge in [-0.1, -0.05) is 6.07 Å². The third kappa shape index (κ3) is 4.06. The summed E-state index contributed by atoms with van der Waals surface area (Å²) in [6.07, 6.45) is 7.49. The lowest BCUT2D eigenvalue weighted by atomic mass is 10.0. The van der Waals surface area contributed by atoms with E-state index in [1.807, 2.05) is 18.3 Å². The zero-order valence-electron chi connectivity index (χ0n) is 16.3. The van der Waals surface area contributed by atoms with Gasteiger partial charge in [-0.05, 0) is 55.7 Å². The van der Waals surface area contributed by atoms with Crippen LogP contribution in [0.3, 0.4) is 0 Å². The number of nitrogens with zero attached hydrogens (tertiary/aromatic N) is 3. The van der Waals surface area contributed by atoms with Gasteiger partial charge >= 0.3 is 0 Å². The van der Waals surface area contributed by atoms with Crippen molar-refractivity contribution in [2.75, 3.05) is 26.9 Å². The summed E-state index contributed by atoms with van der Waals surface area (Å²) >= 11 is 5.72. The van der Waals surface area contributed by atoms with Crippen molar-refractivity contribution in [2.24, 2.45) is 0 Å². The van der Waals surface area contributed by atoms with E-state index in [0.717, 1.165) is 56.4 Å². The van der Waals surface area contributed by atoms with Crippen LogP contribution in [-0.2, 0) is 16.0 Å². The molecule has 0 amide bonds. The number of pyridine rings is 1. The smallest absolute Gasteiger partial charge is 0.170 e. The lowest BCUT2D eigenvalue weighted by Crippen LogP contribution is -2.32. The van der Waals surface area contributed by atoms with Crippen molar-refractivity contribution in [1.29, 1.82) is 0 Å². The van der Waals surface area contributed by atoms with Gasteiger partial charge in [-0.3, -0.25) is 4.98 Å². The second kappa shape index (κ2) is 9.03. The maximum atomic E-state index is 5.88. The Morgan fingerprint density at radius 1 is 1.32 bits per heavy atom. The van der Waals surface area contributed by atoms with E-state index in [-0.39, 0.29) is 12.1 Å². The van der Waals surface area contributed by atoms with E-state index in [0.29, 0.717) is 6.10 Å². The maximum Gasteiger partial charge on any atom is 0.170 e. The van der Waals surface area contributed by atoms with E-state index in [1.165, 1.54) is 5.69 Å². The molecule has 2 saturated heterocycles. The fraction of sp³-hybridized carbons (Fsp3) is 0.524. The first-order valence-electron chi connectivity index (χ1n) is 10.0. The Hall–Kier alpha value is -1.96. The molecule has 0 bridgehead atoms. The average Bonchev–Trinajstić information content (AvgIpc) is 3.45. The molecule has 2 aliphatic rings. The quantitative estimate of drug-likeness (QED) is 0.543. The van der Waals surface area contributed by atoms with E-state index in [2.05, 4.69) is 44.2 Å². The van der Waals surface area contributed by atoms with Crippen molar-refractivity contribution < 1.29 is 9.47 Å². The summed E-state index contributed by atoms with van der Waals surface area (Å²) in [6.45, 7) is 3.32. The van der Waals surface area contributed by atoms with Gasteiger partial charge < -0.3 is 24.3 Å². The van der Waals surface area contributed by atoms with Gasteiger partial charge in [-0.25, -0.2) is 0 Å². The second-order valence-electron chi connectivity index (χ2n) is 7.39. The van der Waals surface area contributed by atoms with Crippen LogP contribution in [0, 0.1) is 0 Å². The minimum Gasteiger partial charge on any atom is -0.385 e. The summed E-state index contributed by atoms with van der Waals surface area (Å²) in [5.41, 5.74) is 2.25. The number of thiocarbonyl (C=S) groups is 1. The molecule has 150 valence electrons. The van der Waals surface area contributed by atoms with Gasteiger partial charge in [0.15, 0.2) is 5.11 Å². The normalized spacial score (nSPS) is 24.7. The van der Waals surface area contributed by atoms with Crippen LogP contribution in [0.25, 0.3) is 0 Å². The zero-order chi connectivity index (χ0) is 19.3. The minimum atomic E-state index is 0.0226. The van der Waals surface area contributed by atoms with Gasteiger partial charge in [-0.15, -0.1) is 0 Å². The first-order chi connectivity index (χ1) is 13.8. The molecule has 0 spiro atoms. The fourth-order valence-corrected chi connectivity index (χ4v) is 4.55. The van der Waals surface area contributed by atoms with Crippen LogP contribution in [0.2, 0.25) is 0 Å². The van der Waals surface area contributed by atoms with Crippen LogP contribution >= 0.6 is 12.2 Å². The minimum absolute atomic E-state index is 0.0226. The summed E-state index contributed by atoms with van der Waals surface area (Å²) in [5, 5.41) is 4.30. The highest BCUT2D eigenvalue weighted by Gasteiger charge is 2.41. The topological polar surface area (TPSA) is 51.5 Å². The van der Waals surface area contributed by atoms with Crippen molar-refractivity contribution in [1.82, 2.24) is 19.8 Å². The monoisotopic (exact) mass is 400 g/mol. The Morgan fingerprint density at radius 3 is 3.00 bits per heavy atom. The fourth-order valence-electron chi connectivity index (χ4n) is 4.22. The van der Waals surface area contributed by atoms with Gasteiger partial charge in [0.2, 0.25) is 0 Å². The molecule has 2 aromatic rings. The molecule has 6 nitrogen and oxygen atoms in total. The summed E-state index contributed by atoms with van der Waals surface area (Å²) in [4.78, 5) is 6.90. The maximum absolute atomic E-state index is 5.88. The molecule has 0 radical (unpaired) electrons. The molecular weight excluding hydrogens is 372 g/mol. The third-order valence-corrected chi connectivity index (χ3v) is 5.89. The Balaban J connectivity index is 1.64. The van der Waals surface area contributed by atoms with Crippen molar-refractivity contribution >= 4 is 17.3 Å². The summed E-state index contributed by atoms with van der Waals surface area (Å²) in [5.74, 6) is 0. The lowest BCUT2D eigenvalue weighted by molar-refractivity contribution is 0.0952. The molecule has 2 aliphatic heterocycles. The molecule has 0 saturated carbocycles. The highest BCUT2D eigenvalue weighted by Crippen LogP contribution is 2.39. The highest BCUT2D eigenvalue weighted by molar-refractivity contribution is 7.80. The molecule has 4 rings (SSSR count). The van der Waals surface area contributed by atoms with Crippen LogP contribution in [0.4, 0.5) is 0 Å². The largest absolute Gasteiger partial charge is 0.385 e. The molecule has 0 aliphatic carbocycles. The number of ether oxygens (including phenoxy) is 2. The summed E-state index contributed by atoms with van der Waals surface area (Å²) in [6, 6.07) is 10.5. The molecule has 4 heterocycles. The van der Waals surface area contributed by atoms with Crippen molar-refractivity contribution in [3.8, 4) is 0 Å². The molecule has 7 heteroatoms. The second-order valence-corrected chi connectivity index (χ2v) is 7.77. The van der Waals surface area contributed by atoms with E-state index < -0.39 is 0 Å². The van der Waals surface area contributed by atoms with Crippen molar-refractivity contribution in [3.63, 3.8) is 0 Å². The SMILES string of the molecule is COCCCN1C(=S)N[C@H](c2ccccn2)[C@@H]1c1cccn1C[C@@H]1CCCO1. The van der Waals surface area contributed by atoms with Crippen molar-refractivity contribution in [3.05, 3.63) is 54.1 Å². The first kappa shape index (κ1) is 19.4. The standard InChI is InChI=1S/C21H28N4O2S/c1-26-13-6-12-25-20(19(23-21(25)28)17-8-2-3-10-22-17)18-9-4-11-24(18)15-16-7-5-14-27-16/h2-4,8-11,16,19-20H,5-7,12-15H2,1H3,(H,23,28)/t16-,19+,20-/m0/s1. The van der Waals surface area contributed by atoms with Crippen LogP contribution < -0.4 is 5.32 Å². The molecular formula is C21H28N4O2S.